The number of ether oxygens (including phenoxy) is 4. The Bertz CT molecular complexity index is 871. The first-order valence-corrected chi connectivity index (χ1v) is 10.1. The van der Waals surface area contributed by atoms with Gasteiger partial charge in [-0.25, -0.2) is 4.79 Å². The predicted octanol–water partition coefficient (Wildman–Crippen LogP) is -0.116. The van der Waals surface area contributed by atoms with Crippen molar-refractivity contribution in [2.24, 2.45) is 0 Å². The maximum atomic E-state index is 11.8. The van der Waals surface area contributed by atoms with Gasteiger partial charge in [-0.05, 0) is 19.1 Å². The zero-order valence-corrected chi connectivity index (χ0v) is 18.4. The number of piperazine rings is 1. The summed E-state index contributed by atoms with van der Waals surface area (Å²) in [7, 11) is 6.29. The lowest BCUT2D eigenvalue weighted by atomic mass is 10.1. The van der Waals surface area contributed by atoms with Crippen LogP contribution in [0.1, 0.15) is 27.4 Å². The van der Waals surface area contributed by atoms with Crippen molar-refractivity contribution >= 4 is 5.97 Å². The molecule has 30 heavy (non-hydrogen) atoms. The smallest absolute Gasteiger partial charge is 0.341 e. The molecule has 8 nitrogen and oxygen atoms in total. The molecule has 0 unspecified atom stereocenters. The van der Waals surface area contributed by atoms with Crippen LogP contribution in [0, 0.1) is 6.92 Å². The molecule has 8 heteroatoms. The molecule has 1 fully saturated rings. The average Bonchev–Trinajstić information content (AvgIpc) is 3.13. The van der Waals surface area contributed by atoms with E-state index in [9.17, 15) is 4.79 Å². The number of quaternary nitrogens is 2. The lowest BCUT2D eigenvalue weighted by Gasteiger charge is -2.29. The molecule has 0 spiro atoms. The van der Waals surface area contributed by atoms with E-state index in [4.69, 9.17) is 23.4 Å². The van der Waals surface area contributed by atoms with Gasteiger partial charge in [-0.2, -0.15) is 0 Å². The lowest BCUT2D eigenvalue weighted by Crippen LogP contribution is -3.27. The molecule has 1 aromatic heterocycles. The first-order chi connectivity index (χ1) is 14.5. The summed E-state index contributed by atoms with van der Waals surface area (Å²) in [4.78, 5) is 14.7. The molecule has 1 aliphatic rings. The van der Waals surface area contributed by atoms with Gasteiger partial charge in [0.05, 0.1) is 34.0 Å². The molecule has 0 bridgehead atoms. The monoisotopic (exact) mass is 420 g/mol. The van der Waals surface area contributed by atoms with Crippen LogP contribution in [0.3, 0.4) is 0 Å². The van der Waals surface area contributed by atoms with E-state index in [1.54, 1.807) is 28.3 Å². The highest BCUT2D eigenvalue weighted by Gasteiger charge is 2.27. The van der Waals surface area contributed by atoms with Crippen molar-refractivity contribution in [2.75, 3.05) is 54.6 Å². The number of esters is 1. The normalized spacial score (nSPS) is 18.7. The van der Waals surface area contributed by atoms with Crippen LogP contribution in [-0.2, 0) is 17.8 Å². The van der Waals surface area contributed by atoms with Gasteiger partial charge < -0.3 is 33.2 Å². The number of benzene rings is 1. The first-order valence-electron chi connectivity index (χ1n) is 10.1. The van der Waals surface area contributed by atoms with E-state index in [1.807, 2.05) is 18.2 Å². The minimum absolute atomic E-state index is 0.351. The molecule has 0 saturated carbocycles. The van der Waals surface area contributed by atoms with Crippen LogP contribution in [0.2, 0.25) is 0 Å². The predicted molar refractivity (Wildman–Crippen MR) is 110 cm³/mol. The van der Waals surface area contributed by atoms with Crippen molar-refractivity contribution in [2.45, 2.75) is 20.0 Å². The van der Waals surface area contributed by atoms with E-state index >= 15 is 0 Å². The Kier molecular flexibility index (Phi) is 7.23. The van der Waals surface area contributed by atoms with E-state index in [2.05, 4.69) is 0 Å². The molecule has 3 rings (SSSR count). The van der Waals surface area contributed by atoms with Gasteiger partial charge in [0.15, 0.2) is 17.3 Å². The molecule has 0 radical (unpaired) electrons. The number of furan rings is 1. The highest BCUT2D eigenvalue weighted by atomic mass is 16.5. The van der Waals surface area contributed by atoms with Crippen LogP contribution < -0.4 is 24.0 Å². The Hall–Kier alpha value is -2.71. The summed E-state index contributed by atoms with van der Waals surface area (Å²) in [5, 5.41) is 0. The molecule has 164 valence electrons. The van der Waals surface area contributed by atoms with Crippen LogP contribution in [0.4, 0.5) is 0 Å². The largest absolute Gasteiger partial charge is 0.493 e. The number of rotatable bonds is 8. The van der Waals surface area contributed by atoms with Gasteiger partial charge in [0.25, 0.3) is 0 Å². The Labute approximate surface area is 177 Å². The summed E-state index contributed by atoms with van der Waals surface area (Å²) in [5.41, 5.74) is 1.62. The molecular formula is C22H32N2O6+2. The Balaban J connectivity index is 1.60. The summed E-state index contributed by atoms with van der Waals surface area (Å²) in [5.74, 6) is 3.13. The molecule has 2 heterocycles. The highest BCUT2D eigenvalue weighted by Crippen LogP contribution is 2.39. The maximum absolute atomic E-state index is 11.8. The number of methoxy groups -OCH3 is 4. The second-order valence-electron chi connectivity index (χ2n) is 7.52. The second kappa shape index (κ2) is 9.86. The second-order valence-corrected chi connectivity index (χ2v) is 7.52. The minimum atomic E-state index is -0.351. The molecule has 1 saturated heterocycles. The van der Waals surface area contributed by atoms with Gasteiger partial charge in [-0.3, -0.25) is 0 Å². The summed E-state index contributed by atoms with van der Waals surface area (Å²) < 4.78 is 27.1. The fraction of sp³-hybridized carbons (Fsp3) is 0.500. The summed E-state index contributed by atoms with van der Waals surface area (Å²) in [6.07, 6.45) is 0. The van der Waals surface area contributed by atoms with Crippen molar-refractivity contribution in [3.8, 4) is 17.2 Å². The summed E-state index contributed by atoms with van der Waals surface area (Å²) in [6, 6.07) is 5.78. The highest BCUT2D eigenvalue weighted by molar-refractivity contribution is 5.90. The van der Waals surface area contributed by atoms with Crippen LogP contribution in [-0.4, -0.2) is 60.6 Å². The SMILES string of the molecule is COC(=O)c1cc(C[NH+]2CC[NH+](Cc3ccc(OC)c(OC)c3OC)CC2)oc1C. The Morgan fingerprint density at radius 3 is 2.13 bits per heavy atom. The summed E-state index contributed by atoms with van der Waals surface area (Å²) in [6.45, 7) is 7.56. The lowest BCUT2D eigenvalue weighted by molar-refractivity contribution is -1.02. The van der Waals surface area contributed by atoms with Crippen molar-refractivity contribution in [3.63, 3.8) is 0 Å². The van der Waals surface area contributed by atoms with Gasteiger partial charge >= 0.3 is 5.97 Å². The van der Waals surface area contributed by atoms with Gasteiger partial charge in [0.1, 0.15) is 50.6 Å². The number of carbonyl (C=O) groups excluding carboxylic acids is 1. The average molecular weight is 421 g/mol. The number of nitrogens with one attached hydrogen (secondary N) is 2. The zero-order chi connectivity index (χ0) is 21.7. The standard InChI is InChI=1S/C22H30N2O6/c1-15-18(22(25)29-5)12-17(30-15)14-24-10-8-23(9-11-24)13-16-6-7-19(26-2)21(28-4)20(16)27-3/h6-7,12H,8-11,13-14H2,1-5H3/p+2. The van der Waals surface area contributed by atoms with Gasteiger partial charge in [0.2, 0.25) is 5.75 Å². The van der Waals surface area contributed by atoms with Crippen LogP contribution in [0.15, 0.2) is 22.6 Å². The van der Waals surface area contributed by atoms with Gasteiger partial charge in [0, 0.05) is 6.07 Å². The zero-order valence-electron chi connectivity index (χ0n) is 18.4. The topological polar surface area (TPSA) is 76.0 Å². The van der Waals surface area contributed by atoms with Gasteiger partial charge in [-0.15, -0.1) is 0 Å². The van der Waals surface area contributed by atoms with E-state index < -0.39 is 0 Å². The number of hydrogen-bond acceptors (Lipinski definition) is 6. The van der Waals surface area contributed by atoms with Crippen molar-refractivity contribution in [1.82, 2.24) is 0 Å². The molecule has 2 N–H and O–H groups in total. The van der Waals surface area contributed by atoms with Crippen molar-refractivity contribution in [3.05, 3.63) is 40.8 Å². The molecule has 1 aliphatic heterocycles. The molecule has 1 aromatic carbocycles. The third-order valence-electron chi connectivity index (χ3n) is 5.69. The molecule has 0 aliphatic carbocycles. The minimum Gasteiger partial charge on any atom is -0.493 e. The number of aryl methyl sites for hydroxylation is 1. The Morgan fingerprint density at radius 2 is 1.57 bits per heavy atom. The van der Waals surface area contributed by atoms with Crippen molar-refractivity contribution < 1.29 is 38.0 Å². The number of hydrogen-bond donors (Lipinski definition) is 2. The van der Waals surface area contributed by atoms with E-state index in [-0.39, 0.29) is 5.97 Å². The van der Waals surface area contributed by atoms with E-state index in [0.717, 1.165) is 56.3 Å². The summed E-state index contributed by atoms with van der Waals surface area (Å²) >= 11 is 0. The first kappa shape index (κ1) is 22.0. The fourth-order valence-electron chi connectivity index (χ4n) is 4.07. The van der Waals surface area contributed by atoms with Crippen LogP contribution in [0.25, 0.3) is 0 Å². The van der Waals surface area contributed by atoms with E-state index in [0.29, 0.717) is 22.8 Å². The van der Waals surface area contributed by atoms with Crippen molar-refractivity contribution in [1.29, 1.82) is 0 Å². The van der Waals surface area contributed by atoms with E-state index in [1.165, 1.54) is 16.9 Å². The molecule has 0 atom stereocenters. The van der Waals surface area contributed by atoms with Crippen LogP contribution >= 0.6 is 0 Å². The van der Waals surface area contributed by atoms with Gasteiger partial charge in [-0.1, -0.05) is 0 Å². The molecular weight excluding hydrogens is 388 g/mol. The maximum Gasteiger partial charge on any atom is 0.341 e. The molecule has 2 aromatic rings. The van der Waals surface area contributed by atoms with Crippen LogP contribution in [0.5, 0.6) is 17.2 Å². The fourth-order valence-corrected chi connectivity index (χ4v) is 4.07. The molecule has 0 amide bonds. The quantitative estimate of drug-likeness (QED) is 0.581. The third kappa shape index (κ3) is 4.71. The third-order valence-corrected chi connectivity index (χ3v) is 5.69. The number of carbonyl (C=O) groups is 1. The Morgan fingerprint density at radius 1 is 0.933 bits per heavy atom.